The van der Waals surface area contributed by atoms with Crippen molar-refractivity contribution < 1.29 is 9.47 Å². The molecule has 0 heterocycles. The van der Waals surface area contributed by atoms with Gasteiger partial charge in [-0.3, -0.25) is 0 Å². The van der Waals surface area contributed by atoms with E-state index >= 15 is 0 Å². The SMILES string of the molecule is COC1=CCC=C(OC)C1(C)[Si](C)(C)c1ccccc1. The third-order valence-electron chi connectivity index (χ3n) is 4.78. The molecule has 3 heteroatoms. The Morgan fingerprint density at radius 1 is 0.950 bits per heavy atom. The highest BCUT2D eigenvalue weighted by atomic mass is 28.3. The highest BCUT2D eigenvalue weighted by molar-refractivity contribution is 6.93. The molecule has 2 nitrogen and oxygen atoms in total. The van der Waals surface area contributed by atoms with Crippen LogP contribution < -0.4 is 5.19 Å². The number of methoxy groups -OCH3 is 2. The third kappa shape index (κ3) is 2.10. The molecule has 20 heavy (non-hydrogen) atoms. The Hall–Kier alpha value is -1.48. The lowest BCUT2D eigenvalue weighted by atomic mass is 9.99. The quantitative estimate of drug-likeness (QED) is 0.784. The van der Waals surface area contributed by atoms with Crippen molar-refractivity contribution >= 4 is 13.3 Å². The maximum atomic E-state index is 5.72. The largest absolute Gasteiger partial charge is 0.501 e. The second kappa shape index (κ2) is 5.48. The first-order valence-electron chi connectivity index (χ1n) is 7.03. The molecule has 0 radical (unpaired) electrons. The summed E-state index contributed by atoms with van der Waals surface area (Å²) in [7, 11) is 1.67. The Bertz CT molecular complexity index is 509. The number of hydrogen-bond donors (Lipinski definition) is 0. The molecule has 0 saturated carbocycles. The summed E-state index contributed by atoms with van der Waals surface area (Å²) in [5.41, 5.74) is 0. The van der Waals surface area contributed by atoms with Crippen molar-refractivity contribution in [3.05, 3.63) is 54.0 Å². The Kier molecular flexibility index (Phi) is 4.09. The van der Waals surface area contributed by atoms with Crippen LogP contribution in [0.3, 0.4) is 0 Å². The predicted octanol–water partition coefficient (Wildman–Crippen LogP) is 3.83. The molecule has 0 spiro atoms. The van der Waals surface area contributed by atoms with Crippen LogP contribution in [0.5, 0.6) is 0 Å². The van der Waals surface area contributed by atoms with Crippen LogP contribution in [0.15, 0.2) is 54.0 Å². The van der Waals surface area contributed by atoms with Crippen molar-refractivity contribution in [1.82, 2.24) is 0 Å². The minimum Gasteiger partial charge on any atom is -0.501 e. The summed E-state index contributed by atoms with van der Waals surface area (Å²) in [6, 6.07) is 10.8. The summed E-state index contributed by atoms with van der Waals surface area (Å²) >= 11 is 0. The van der Waals surface area contributed by atoms with Crippen molar-refractivity contribution in [3.8, 4) is 0 Å². The lowest BCUT2D eigenvalue weighted by molar-refractivity contribution is 0.199. The molecule has 1 aromatic carbocycles. The second-order valence-electron chi connectivity index (χ2n) is 5.90. The van der Waals surface area contributed by atoms with Gasteiger partial charge in [0, 0.05) is 0 Å². The fraction of sp³-hybridized carbons (Fsp3) is 0.412. The summed E-state index contributed by atoms with van der Waals surface area (Å²) in [4.78, 5) is 0. The van der Waals surface area contributed by atoms with Gasteiger partial charge < -0.3 is 9.47 Å². The summed E-state index contributed by atoms with van der Waals surface area (Å²) < 4.78 is 11.4. The molecule has 1 aromatic rings. The van der Waals surface area contributed by atoms with Gasteiger partial charge in [-0.2, -0.15) is 0 Å². The second-order valence-corrected chi connectivity index (χ2v) is 10.7. The summed E-state index contributed by atoms with van der Waals surface area (Å²) in [5.74, 6) is 2.08. The minimum absolute atomic E-state index is 0.171. The fourth-order valence-corrected chi connectivity index (χ4v) is 6.38. The number of benzene rings is 1. The van der Waals surface area contributed by atoms with E-state index in [1.807, 2.05) is 0 Å². The van der Waals surface area contributed by atoms with E-state index in [0.29, 0.717) is 0 Å². The first-order valence-corrected chi connectivity index (χ1v) is 10.0. The topological polar surface area (TPSA) is 18.5 Å². The molecule has 0 aliphatic heterocycles. The molecule has 0 amide bonds. The van der Waals surface area contributed by atoms with Gasteiger partial charge >= 0.3 is 0 Å². The van der Waals surface area contributed by atoms with Crippen molar-refractivity contribution in [3.63, 3.8) is 0 Å². The summed E-state index contributed by atoms with van der Waals surface area (Å²) in [6.45, 7) is 7.02. The van der Waals surface area contributed by atoms with Gasteiger partial charge in [-0.25, -0.2) is 0 Å². The number of allylic oxidation sites excluding steroid dienone is 2. The Morgan fingerprint density at radius 2 is 1.45 bits per heavy atom. The van der Waals surface area contributed by atoms with Crippen LogP contribution in [0.4, 0.5) is 0 Å². The zero-order valence-corrected chi connectivity index (χ0v) is 14.1. The zero-order chi connectivity index (χ0) is 14.8. The normalized spacial score (nSPS) is 18.1. The van der Waals surface area contributed by atoms with Crippen LogP contribution in [0.25, 0.3) is 0 Å². The number of rotatable bonds is 4. The van der Waals surface area contributed by atoms with Gasteiger partial charge in [0.2, 0.25) is 0 Å². The molecule has 0 unspecified atom stereocenters. The van der Waals surface area contributed by atoms with Crippen molar-refractivity contribution in [2.24, 2.45) is 0 Å². The van der Waals surface area contributed by atoms with Gasteiger partial charge in [0.15, 0.2) is 0 Å². The van der Waals surface area contributed by atoms with Crippen LogP contribution in [-0.2, 0) is 9.47 Å². The Labute approximate surface area is 123 Å². The highest BCUT2D eigenvalue weighted by Gasteiger charge is 2.52. The standard InChI is InChI=1S/C17H24O2Si/c1-17(15(18-2)12-9-13-16(17)19-3)20(4,5)14-10-7-6-8-11-14/h6-8,10-13H,9H2,1-5H3. The third-order valence-corrected chi connectivity index (χ3v) is 9.55. The molecule has 0 saturated heterocycles. The van der Waals surface area contributed by atoms with E-state index in [0.717, 1.165) is 17.9 Å². The van der Waals surface area contributed by atoms with E-state index < -0.39 is 8.07 Å². The van der Waals surface area contributed by atoms with Crippen LogP contribution in [0, 0.1) is 0 Å². The fourth-order valence-electron chi connectivity index (χ4n) is 3.14. The van der Waals surface area contributed by atoms with Gasteiger partial charge in [-0.1, -0.05) is 48.6 Å². The van der Waals surface area contributed by atoms with E-state index in [-0.39, 0.29) is 5.04 Å². The minimum atomic E-state index is -1.86. The summed E-state index contributed by atoms with van der Waals surface area (Å²) in [5, 5.41) is 1.24. The molecule has 0 aromatic heterocycles. The molecule has 108 valence electrons. The molecule has 0 bridgehead atoms. The number of ether oxygens (including phenoxy) is 2. The first kappa shape index (κ1) is 14.9. The Morgan fingerprint density at radius 3 is 1.90 bits per heavy atom. The van der Waals surface area contributed by atoms with Gasteiger partial charge in [0.25, 0.3) is 0 Å². The molecule has 2 rings (SSSR count). The lowest BCUT2D eigenvalue weighted by Crippen LogP contribution is -2.54. The molecular formula is C17H24O2Si. The van der Waals surface area contributed by atoms with Gasteiger partial charge in [-0.05, 0) is 25.5 Å². The van der Waals surface area contributed by atoms with E-state index in [2.05, 4.69) is 62.5 Å². The maximum Gasteiger partial charge on any atom is 0.104 e. The lowest BCUT2D eigenvalue weighted by Gasteiger charge is -2.45. The van der Waals surface area contributed by atoms with Crippen LogP contribution in [-0.4, -0.2) is 22.3 Å². The van der Waals surface area contributed by atoms with Gasteiger partial charge in [0.1, 0.15) is 19.6 Å². The van der Waals surface area contributed by atoms with E-state index in [1.54, 1.807) is 14.2 Å². The molecule has 0 atom stereocenters. The molecule has 1 aliphatic rings. The van der Waals surface area contributed by atoms with Crippen LogP contribution in [0.2, 0.25) is 18.1 Å². The zero-order valence-electron chi connectivity index (χ0n) is 13.1. The highest BCUT2D eigenvalue weighted by Crippen LogP contribution is 2.53. The maximum absolute atomic E-state index is 5.72. The van der Waals surface area contributed by atoms with E-state index in [1.165, 1.54) is 5.19 Å². The van der Waals surface area contributed by atoms with Crippen molar-refractivity contribution in [1.29, 1.82) is 0 Å². The molecule has 1 aliphatic carbocycles. The average molecular weight is 288 g/mol. The van der Waals surface area contributed by atoms with E-state index in [9.17, 15) is 0 Å². The monoisotopic (exact) mass is 288 g/mol. The number of hydrogen-bond acceptors (Lipinski definition) is 2. The molecular weight excluding hydrogens is 264 g/mol. The van der Waals surface area contributed by atoms with Crippen molar-refractivity contribution in [2.45, 2.75) is 31.5 Å². The van der Waals surface area contributed by atoms with Crippen LogP contribution in [0.1, 0.15) is 13.3 Å². The smallest absolute Gasteiger partial charge is 0.104 e. The summed E-state index contributed by atoms with van der Waals surface area (Å²) in [6.07, 6.45) is 5.24. The predicted molar refractivity (Wildman–Crippen MR) is 86.7 cm³/mol. The van der Waals surface area contributed by atoms with Crippen molar-refractivity contribution in [2.75, 3.05) is 14.2 Å². The molecule has 0 fully saturated rings. The Balaban J connectivity index is 2.58. The van der Waals surface area contributed by atoms with Gasteiger partial charge in [0.05, 0.1) is 19.3 Å². The van der Waals surface area contributed by atoms with Gasteiger partial charge in [-0.15, -0.1) is 0 Å². The van der Waals surface area contributed by atoms with E-state index in [4.69, 9.17) is 9.47 Å². The first-order chi connectivity index (χ1) is 9.48. The van der Waals surface area contributed by atoms with Crippen LogP contribution >= 0.6 is 0 Å². The average Bonchev–Trinajstić information content (AvgIpc) is 2.48. The molecule has 0 N–H and O–H groups in total.